The Morgan fingerprint density at radius 3 is 2.37 bits per heavy atom. The Hall–Kier alpha value is -2.21. The van der Waals surface area contributed by atoms with Crippen molar-refractivity contribution >= 4 is 50.2 Å². The molecule has 1 fully saturated rings. The SMILES string of the molecule is NC(=O)c1ccc(N2CCN(S(=O)(=O)c3ccc(Cl)s3)CC2)c([N+](=O)[O-])c1. The molecular weight excluding hydrogens is 416 g/mol. The third-order valence-corrected chi connectivity index (χ3v) is 7.78. The van der Waals surface area contributed by atoms with E-state index in [1.165, 1.54) is 28.6 Å². The van der Waals surface area contributed by atoms with Crippen LogP contribution in [0.1, 0.15) is 10.4 Å². The lowest BCUT2D eigenvalue weighted by molar-refractivity contribution is -0.384. The molecule has 1 aliphatic heterocycles. The quantitative estimate of drug-likeness (QED) is 0.570. The first-order chi connectivity index (χ1) is 12.7. The molecule has 1 amide bonds. The van der Waals surface area contributed by atoms with Crippen LogP contribution in [0.2, 0.25) is 4.34 Å². The highest BCUT2D eigenvalue weighted by atomic mass is 35.5. The number of hydrogen-bond acceptors (Lipinski definition) is 7. The normalized spacial score (nSPS) is 15.7. The number of hydrogen-bond donors (Lipinski definition) is 1. The van der Waals surface area contributed by atoms with Crippen molar-refractivity contribution in [2.45, 2.75) is 4.21 Å². The van der Waals surface area contributed by atoms with E-state index in [9.17, 15) is 23.3 Å². The Morgan fingerprint density at radius 2 is 1.85 bits per heavy atom. The summed E-state index contributed by atoms with van der Waals surface area (Å²) in [5.41, 5.74) is 5.30. The zero-order valence-electron chi connectivity index (χ0n) is 13.9. The molecule has 1 saturated heterocycles. The number of benzene rings is 1. The maximum atomic E-state index is 12.6. The zero-order valence-corrected chi connectivity index (χ0v) is 16.3. The second-order valence-electron chi connectivity index (χ2n) is 5.77. The standard InChI is InChI=1S/C15H15ClN4O5S2/c16-13-3-4-14(26-13)27(24,25)19-7-5-18(6-8-19)11-2-1-10(15(17)21)9-12(11)20(22)23/h1-4,9H,5-8H2,(H2,17,21). The number of thiophene rings is 1. The van der Waals surface area contributed by atoms with Crippen molar-refractivity contribution in [3.8, 4) is 0 Å². The molecule has 0 aliphatic carbocycles. The van der Waals surface area contributed by atoms with Gasteiger partial charge in [-0.25, -0.2) is 8.42 Å². The summed E-state index contributed by atoms with van der Waals surface area (Å²) in [7, 11) is -3.65. The van der Waals surface area contributed by atoms with Crippen LogP contribution in [0.15, 0.2) is 34.5 Å². The van der Waals surface area contributed by atoms with Crippen molar-refractivity contribution in [3.63, 3.8) is 0 Å². The smallest absolute Gasteiger partial charge is 0.293 e. The fourth-order valence-corrected chi connectivity index (χ4v) is 5.88. The number of carbonyl (C=O) groups excluding carboxylic acids is 1. The lowest BCUT2D eigenvalue weighted by Gasteiger charge is -2.34. The van der Waals surface area contributed by atoms with Gasteiger partial charge in [0.15, 0.2) is 0 Å². The number of rotatable bonds is 5. The van der Waals surface area contributed by atoms with Gasteiger partial charge in [0, 0.05) is 37.8 Å². The molecule has 0 atom stereocenters. The lowest BCUT2D eigenvalue weighted by atomic mass is 10.1. The van der Waals surface area contributed by atoms with Crippen LogP contribution >= 0.6 is 22.9 Å². The van der Waals surface area contributed by atoms with Gasteiger partial charge in [0.05, 0.1) is 9.26 Å². The largest absolute Gasteiger partial charge is 0.366 e. The van der Waals surface area contributed by atoms with E-state index in [0.717, 1.165) is 17.4 Å². The van der Waals surface area contributed by atoms with Gasteiger partial charge >= 0.3 is 0 Å². The molecule has 0 saturated carbocycles. The van der Waals surface area contributed by atoms with Crippen molar-refractivity contribution in [2.24, 2.45) is 5.73 Å². The van der Waals surface area contributed by atoms with Crippen LogP contribution in [0.25, 0.3) is 0 Å². The van der Waals surface area contributed by atoms with Crippen LogP contribution in [0.5, 0.6) is 0 Å². The molecule has 1 aliphatic rings. The van der Waals surface area contributed by atoms with Crippen molar-refractivity contribution in [1.29, 1.82) is 0 Å². The second-order valence-corrected chi connectivity index (χ2v) is 9.65. The van der Waals surface area contributed by atoms with E-state index in [-0.39, 0.29) is 41.6 Å². The predicted octanol–water partition coefficient (Wildman–Crippen LogP) is 1.92. The van der Waals surface area contributed by atoms with E-state index < -0.39 is 20.9 Å². The first-order valence-corrected chi connectivity index (χ1v) is 10.4. The van der Waals surface area contributed by atoms with Crippen molar-refractivity contribution in [2.75, 3.05) is 31.1 Å². The second kappa shape index (κ2) is 7.43. The van der Waals surface area contributed by atoms with Crippen molar-refractivity contribution in [3.05, 3.63) is 50.3 Å². The number of halogens is 1. The fraction of sp³-hybridized carbons (Fsp3) is 0.267. The molecule has 0 spiro atoms. The number of nitro benzene ring substituents is 1. The lowest BCUT2D eigenvalue weighted by Crippen LogP contribution is -2.48. The minimum atomic E-state index is -3.65. The van der Waals surface area contributed by atoms with E-state index in [4.69, 9.17) is 17.3 Å². The first kappa shape index (κ1) is 19.5. The van der Waals surface area contributed by atoms with E-state index in [1.54, 1.807) is 4.90 Å². The van der Waals surface area contributed by atoms with Crippen LogP contribution in [0.3, 0.4) is 0 Å². The molecule has 9 nitrogen and oxygen atoms in total. The monoisotopic (exact) mass is 430 g/mol. The summed E-state index contributed by atoms with van der Waals surface area (Å²) in [6.07, 6.45) is 0. The average Bonchev–Trinajstić information content (AvgIpc) is 3.08. The Bertz CT molecular complexity index is 999. The number of primary amides is 1. The first-order valence-electron chi connectivity index (χ1n) is 7.79. The summed E-state index contributed by atoms with van der Waals surface area (Å²) in [5, 5.41) is 11.4. The van der Waals surface area contributed by atoms with Gasteiger partial charge in [0.2, 0.25) is 5.91 Å². The summed E-state index contributed by atoms with van der Waals surface area (Å²) in [6, 6.07) is 7.00. The highest BCUT2D eigenvalue weighted by Gasteiger charge is 2.31. The highest BCUT2D eigenvalue weighted by Crippen LogP contribution is 2.32. The molecule has 2 heterocycles. The topological polar surface area (TPSA) is 127 Å². The van der Waals surface area contributed by atoms with Gasteiger partial charge in [0.1, 0.15) is 9.90 Å². The fourth-order valence-electron chi connectivity index (χ4n) is 2.82. The minimum absolute atomic E-state index is 0.0428. The molecule has 2 aromatic rings. The number of sulfonamides is 1. The van der Waals surface area contributed by atoms with Crippen LogP contribution in [0.4, 0.5) is 11.4 Å². The van der Waals surface area contributed by atoms with Crippen LogP contribution in [-0.4, -0.2) is 49.7 Å². The highest BCUT2D eigenvalue weighted by molar-refractivity contribution is 7.91. The molecule has 27 heavy (non-hydrogen) atoms. The molecule has 2 N–H and O–H groups in total. The van der Waals surface area contributed by atoms with Gasteiger partial charge in [-0.05, 0) is 24.3 Å². The Kier molecular flexibility index (Phi) is 5.38. The molecule has 144 valence electrons. The van der Waals surface area contributed by atoms with Crippen LogP contribution < -0.4 is 10.6 Å². The van der Waals surface area contributed by atoms with Gasteiger partial charge in [0.25, 0.3) is 15.7 Å². The maximum Gasteiger partial charge on any atom is 0.293 e. The van der Waals surface area contributed by atoms with Gasteiger partial charge in [-0.15, -0.1) is 11.3 Å². The summed E-state index contributed by atoms with van der Waals surface area (Å²) in [5.74, 6) is -0.754. The Morgan fingerprint density at radius 1 is 1.19 bits per heavy atom. The third-order valence-electron chi connectivity index (χ3n) is 4.18. The van der Waals surface area contributed by atoms with Gasteiger partial charge < -0.3 is 10.6 Å². The van der Waals surface area contributed by atoms with Gasteiger partial charge in [-0.1, -0.05) is 11.6 Å². The number of nitrogens with zero attached hydrogens (tertiary/aromatic N) is 3. The van der Waals surface area contributed by atoms with Crippen LogP contribution in [-0.2, 0) is 10.0 Å². The summed E-state index contributed by atoms with van der Waals surface area (Å²) in [6.45, 7) is 0.892. The van der Waals surface area contributed by atoms with E-state index in [0.29, 0.717) is 10.0 Å². The Labute approximate surface area is 164 Å². The number of piperazine rings is 1. The van der Waals surface area contributed by atoms with Crippen LogP contribution in [0, 0.1) is 10.1 Å². The van der Waals surface area contributed by atoms with Crippen molar-refractivity contribution in [1.82, 2.24) is 4.31 Å². The molecule has 1 aromatic heterocycles. The molecule has 0 bridgehead atoms. The summed E-state index contributed by atoms with van der Waals surface area (Å²) in [4.78, 5) is 23.8. The number of amides is 1. The van der Waals surface area contributed by atoms with Gasteiger partial charge in [-0.3, -0.25) is 14.9 Å². The van der Waals surface area contributed by atoms with Crippen molar-refractivity contribution < 1.29 is 18.1 Å². The summed E-state index contributed by atoms with van der Waals surface area (Å²) < 4.78 is 27.2. The van der Waals surface area contributed by atoms with E-state index >= 15 is 0 Å². The Balaban J connectivity index is 1.80. The van der Waals surface area contributed by atoms with E-state index in [2.05, 4.69) is 0 Å². The van der Waals surface area contributed by atoms with Gasteiger partial charge in [-0.2, -0.15) is 4.31 Å². The molecule has 0 radical (unpaired) electrons. The molecular formula is C15H15ClN4O5S2. The predicted molar refractivity (Wildman–Crippen MR) is 102 cm³/mol. The number of nitrogens with two attached hydrogens (primary N) is 1. The summed E-state index contributed by atoms with van der Waals surface area (Å²) >= 11 is 6.81. The van der Waals surface area contributed by atoms with E-state index in [1.807, 2.05) is 0 Å². The molecule has 12 heteroatoms. The average molecular weight is 431 g/mol. The zero-order chi connectivity index (χ0) is 19.8. The molecule has 1 aromatic carbocycles. The molecule has 0 unspecified atom stereocenters. The number of carbonyl (C=O) groups is 1. The third kappa shape index (κ3) is 3.90. The number of anilines is 1. The minimum Gasteiger partial charge on any atom is -0.366 e. The maximum absolute atomic E-state index is 12.6. The molecule has 3 rings (SSSR count). The number of nitro groups is 1.